The van der Waals surface area contributed by atoms with Gasteiger partial charge in [-0.25, -0.2) is 0 Å². The number of piperidine rings is 1. The molecule has 1 heterocycles. The fraction of sp³-hybridized carbons (Fsp3) is 0.267. The number of likely N-dealkylation sites (tertiary alicyclic amines) is 1. The number of para-hydroxylation sites is 1. The molecule has 0 aromatic heterocycles. The highest BCUT2D eigenvalue weighted by molar-refractivity contribution is 5.97. The van der Waals surface area contributed by atoms with Gasteiger partial charge in [-0.15, -0.1) is 0 Å². The first-order valence-electron chi connectivity index (χ1n) is 12.2. The van der Waals surface area contributed by atoms with Gasteiger partial charge in [-0.3, -0.25) is 0 Å². The SMILES string of the molecule is Oc1ccc(-c2c(CCCN3CCCCC3)cc3cc(O)ccc3c2Oc2ccccc2)cc1. The Bertz CT molecular complexity index is 1250. The maximum Gasteiger partial charge on any atom is 0.143 e. The van der Waals surface area contributed by atoms with E-state index in [0.29, 0.717) is 0 Å². The molecule has 1 aliphatic heterocycles. The lowest BCUT2D eigenvalue weighted by Crippen LogP contribution is -2.30. The van der Waals surface area contributed by atoms with Crippen molar-refractivity contribution in [2.45, 2.75) is 32.1 Å². The Morgan fingerprint density at radius 3 is 2.26 bits per heavy atom. The van der Waals surface area contributed by atoms with Crippen molar-refractivity contribution in [1.29, 1.82) is 0 Å². The second-order valence-corrected chi connectivity index (χ2v) is 9.11. The monoisotopic (exact) mass is 453 g/mol. The van der Waals surface area contributed by atoms with Gasteiger partial charge in [0.2, 0.25) is 0 Å². The number of ether oxygens (including phenoxy) is 1. The number of phenols is 2. The molecule has 4 nitrogen and oxygen atoms in total. The second-order valence-electron chi connectivity index (χ2n) is 9.11. The number of aromatic hydroxyl groups is 2. The second kappa shape index (κ2) is 10.2. The molecule has 0 spiro atoms. The average Bonchev–Trinajstić information content (AvgIpc) is 2.86. The summed E-state index contributed by atoms with van der Waals surface area (Å²) in [5.41, 5.74) is 3.24. The van der Waals surface area contributed by atoms with Crippen molar-refractivity contribution in [2.24, 2.45) is 0 Å². The molecule has 4 heteroatoms. The molecule has 0 amide bonds. The standard InChI is InChI=1S/C30H31NO3/c32-25-13-11-22(12-14-25)29-23(8-7-19-31-17-5-2-6-18-31)20-24-21-26(33)15-16-28(24)30(29)34-27-9-3-1-4-10-27/h1,3-4,9-16,20-21,32-33H,2,5-8,17-19H2. The van der Waals surface area contributed by atoms with Crippen LogP contribution in [0.15, 0.2) is 78.9 Å². The summed E-state index contributed by atoms with van der Waals surface area (Å²) >= 11 is 0. The minimum Gasteiger partial charge on any atom is -0.508 e. The minimum atomic E-state index is 0.242. The van der Waals surface area contributed by atoms with E-state index in [4.69, 9.17) is 4.74 Å². The van der Waals surface area contributed by atoms with E-state index in [9.17, 15) is 10.2 Å². The zero-order valence-corrected chi connectivity index (χ0v) is 19.4. The summed E-state index contributed by atoms with van der Waals surface area (Å²) in [6, 6.07) is 24.8. The van der Waals surface area contributed by atoms with E-state index in [-0.39, 0.29) is 11.5 Å². The van der Waals surface area contributed by atoms with E-state index in [0.717, 1.165) is 52.8 Å². The Hall–Kier alpha value is -3.50. The molecule has 0 aliphatic carbocycles. The molecule has 1 aliphatic rings. The molecule has 174 valence electrons. The van der Waals surface area contributed by atoms with Crippen molar-refractivity contribution in [2.75, 3.05) is 19.6 Å². The van der Waals surface area contributed by atoms with Crippen LogP contribution in [0.3, 0.4) is 0 Å². The van der Waals surface area contributed by atoms with Gasteiger partial charge in [-0.05, 0) is 104 Å². The number of fused-ring (bicyclic) bond motifs is 1. The number of aryl methyl sites for hydroxylation is 1. The van der Waals surface area contributed by atoms with Gasteiger partial charge in [0.15, 0.2) is 0 Å². The molecule has 1 fully saturated rings. The minimum absolute atomic E-state index is 0.242. The molecule has 2 N–H and O–H groups in total. The highest BCUT2D eigenvalue weighted by Crippen LogP contribution is 2.43. The largest absolute Gasteiger partial charge is 0.508 e. The van der Waals surface area contributed by atoms with Crippen molar-refractivity contribution >= 4 is 10.8 Å². The molecule has 0 saturated carbocycles. The summed E-state index contributed by atoms with van der Waals surface area (Å²) < 4.78 is 6.53. The van der Waals surface area contributed by atoms with E-state index < -0.39 is 0 Å². The fourth-order valence-electron chi connectivity index (χ4n) is 4.95. The van der Waals surface area contributed by atoms with Gasteiger partial charge in [0.05, 0.1) is 0 Å². The van der Waals surface area contributed by atoms with E-state index in [1.165, 1.54) is 37.9 Å². The van der Waals surface area contributed by atoms with Gasteiger partial charge in [-0.1, -0.05) is 42.8 Å². The lowest BCUT2D eigenvalue weighted by Gasteiger charge is -2.26. The Kier molecular flexibility index (Phi) is 6.68. The van der Waals surface area contributed by atoms with Crippen molar-refractivity contribution in [1.82, 2.24) is 4.90 Å². The summed E-state index contributed by atoms with van der Waals surface area (Å²) in [5, 5.41) is 22.0. The summed E-state index contributed by atoms with van der Waals surface area (Å²) in [4.78, 5) is 2.57. The molecule has 5 rings (SSSR count). The first-order valence-corrected chi connectivity index (χ1v) is 12.2. The number of nitrogens with zero attached hydrogens (tertiary/aromatic N) is 1. The summed E-state index contributed by atoms with van der Waals surface area (Å²) in [7, 11) is 0. The molecular weight excluding hydrogens is 422 g/mol. The van der Waals surface area contributed by atoms with Crippen LogP contribution in [0.5, 0.6) is 23.0 Å². The Labute approximate surface area is 201 Å². The van der Waals surface area contributed by atoms with Crippen LogP contribution in [0.2, 0.25) is 0 Å². The number of phenolic OH excluding ortho intramolecular Hbond substituents is 2. The number of hydrogen-bond acceptors (Lipinski definition) is 4. The van der Waals surface area contributed by atoms with Crippen molar-refractivity contribution in [3.63, 3.8) is 0 Å². The van der Waals surface area contributed by atoms with E-state index >= 15 is 0 Å². The third kappa shape index (κ3) is 5.02. The smallest absolute Gasteiger partial charge is 0.143 e. The third-order valence-corrected chi connectivity index (χ3v) is 6.65. The summed E-state index contributed by atoms with van der Waals surface area (Å²) in [6.45, 7) is 3.47. The van der Waals surface area contributed by atoms with Crippen LogP contribution in [0.25, 0.3) is 21.9 Å². The normalized spacial score (nSPS) is 14.4. The van der Waals surface area contributed by atoms with Crippen molar-refractivity contribution in [3.05, 3.63) is 84.4 Å². The molecule has 0 radical (unpaired) electrons. The maximum atomic E-state index is 10.2. The van der Waals surface area contributed by atoms with Gasteiger partial charge in [0.1, 0.15) is 23.0 Å². The third-order valence-electron chi connectivity index (χ3n) is 6.65. The van der Waals surface area contributed by atoms with Gasteiger partial charge in [0.25, 0.3) is 0 Å². The average molecular weight is 454 g/mol. The van der Waals surface area contributed by atoms with E-state index in [1.54, 1.807) is 18.2 Å². The topological polar surface area (TPSA) is 52.9 Å². The van der Waals surface area contributed by atoms with Crippen LogP contribution in [0.4, 0.5) is 0 Å². The predicted octanol–water partition coefficient (Wildman–Crippen LogP) is 7.13. The van der Waals surface area contributed by atoms with Crippen LogP contribution in [0, 0.1) is 0 Å². The van der Waals surface area contributed by atoms with Crippen LogP contribution < -0.4 is 4.74 Å². The van der Waals surface area contributed by atoms with Crippen molar-refractivity contribution in [3.8, 4) is 34.1 Å². The molecule has 34 heavy (non-hydrogen) atoms. The molecule has 4 aromatic carbocycles. The number of benzene rings is 4. The highest BCUT2D eigenvalue weighted by Gasteiger charge is 2.19. The highest BCUT2D eigenvalue weighted by atomic mass is 16.5. The lowest BCUT2D eigenvalue weighted by molar-refractivity contribution is 0.226. The first kappa shape index (κ1) is 22.3. The number of hydrogen-bond donors (Lipinski definition) is 2. The summed E-state index contributed by atoms with van der Waals surface area (Å²) in [5.74, 6) is 2.03. The molecule has 4 aromatic rings. The molecule has 0 atom stereocenters. The fourth-order valence-corrected chi connectivity index (χ4v) is 4.95. The van der Waals surface area contributed by atoms with E-state index in [2.05, 4.69) is 11.0 Å². The first-order chi connectivity index (χ1) is 16.7. The van der Waals surface area contributed by atoms with Crippen LogP contribution in [-0.2, 0) is 6.42 Å². The molecule has 0 bridgehead atoms. The zero-order valence-electron chi connectivity index (χ0n) is 19.4. The lowest BCUT2D eigenvalue weighted by atomic mass is 9.91. The van der Waals surface area contributed by atoms with Gasteiger partial charge >= 0.3 is 0 Å². The van der Waals surface area contributed by atoms with Gasteiger partial charge < -0.3 is 19.8 Å². The Morgan fingerprint density at radius 2 is 1.50 bits per heavy atom. The zero-order chi connectivity index (χ0) is 23.3. The summed E-state index contributed by atoms with van der Waals surface area (Å²) in [6.07, 6.45) is 5.89. The number of rotatable bonds is 7. The van der Waals surface area contributed by atoms with Crippen LogP contribution in [0.1, 0.15) is 31.2 Å². The molecule has 1 saturated heterocycles. The van der Waals surface area contributed by atoms with Gasteiger partial charge in [-0.2, -0.15) is 0 Å². The quantitative estimate of drug-likeness (QED) is 0.313. The van der Waals surface area contributed by atoms with Crippen molar-refractivity contribution < 1.29 is 14.9 Å². The van der Waals surface area contributed by atoms with Crippen LogP contribution >= 0.6 is 0 Å². The predicted molar refractivity (Wildman–Crippen MR) is 138 cm³/mol. The Balaban J connectivity index is 1.60. The molecular formula is C30H31NO3. The molecule has 0 unspecified atom stereocenters. The van der Waals surface area contributed by atoms with Crippen LogP contribution in [-0.4, -0.2) is 34.7 Å². The van der Waals surface area contributed by atoms with Gasteiger partial charge in [0, 0.05) is 10.9 Å². The van der Waals surface area contributed by atoms with E-state index in [1.807, 2.05) is 54.6 Å². The Morgan fingerprint density at radius 1 is 0.765 bits per heavy atom. The maximum absolute atomic E-state index is 10.2.